The Hall–Kier alpha value is -3.69. The molecule has 0 bridgehead atoms. The lowest BCUT2D eigenvalue weighted by Gasteiger charge is -2.37. The number of carbonyl (C=O) groups is 1. The standard InChI is InChI=1S/C44H60O8/c1-30(2)24-39(50-29-47-8)41(51-43(45)42(48-9)36-20-19-34-17-10-11-18-35(34)26-36)32(4)16-12-14-31(3)15-13-22-44(6)23-21-37-27-38(49-28-46-7)25-33(5)40(37)52-44/h10-11,15,17-20,24-27,32,39,41-42H,12-14,16,21-23,28-29H2,1-9H3/b31-15+/t32-,39+,41+,42-,44+/m0/s1. The van der Waals surface area contributed by atoms with Gasteiger partial charge in [-0.25, -0.2) is 4.79 Å². The minimum atomic E-state index is -0.862. The van der Waals surface area contributed by atoms with Gasteiger partial charge in [0, 0.05) is 21.3 Å². The molecule has 0 saturated heterocycles. The number of esters is 1. The summed E-state index contributed by atoms with van der Waals surface area (Å²) in [5, 5.41) is 2.14. The molecular formula is C44H60O8. The van der Waals surface area contributed by atoms with Gasteiger partial charge in [-0.05, 0) is 131 Å². The molecule has 3 aromatic rings. The van der Waals surface area contributed by atoms with Crippen molar-refractivity contribution in [2.45, 2.75) is 110 Å². The summed E-state index contributed by atoms with van der Waals surface area (Å²) in [5.41, 5.74) is 5.24. The summed E-state index contributed by atoms with van der Waals surface area (Å²) in [4.78, 5) is 13.8. The van der Waals surface area contributed by atoms with E-state index >= 15 is 0 Å². The number of benzene rings is 3. The average Bonchev–Trinajstić information content (AvgIpc) is 3.12. The van der Waals surface area contributed by atoms with E-state index in [-0.39, 0.29) is 25.1 Å². The maximum atomic E-state index is 13.8. The minimum absolute atomic E-state index is 0.0154. The highest BCUT2D eigenvalue weighted by Crippen LogP contribution is 2.40. The van der Waals surface area contributed by atoms with Gasteiger partial charge >= 0.3 is 5.97 Å². The molecule has 0 aliphatic carbocycles. The predicted molar refractivity (Wildman–Crippen MR) is 207 cm³/mol. The molecule has 0 fully saturated rings. The summed E-state index contributed by atoms with van der Waals surface area (Å²) >= 11 is 0. The molecule has 0 radical (unpaired) electrons. The van der Waals surface area contributed by atoms with Crippen molar-refractivity contribution in [3.05, 3.63) is 94.6 Å². The van der Waals surface area contributed by atoms with Gasteiger partial charge in [-0.3, -0.25) is 0 Å². The summed E-state index contributed by atoms with van der Waals surface area (Å²) in [6, 6.07) is 18.1. The maximum absolute atomic E-state index is 13.8. The fraction of sp³-hybridized carbons (Fsp3) is 0.523. The van der Waals surface area contributed by atoms with Crippen LogP contribution in [0.25, 0.3) is 10.8 Å². The number of fused-ring (bicyclic) bond motifs is 2. The molecule has 284 valence electrons. The predicted octanol–water partition coefficient (Wildman–Crippen LogP) is 10.0. The van der Waals surface area contributed by atoms with Crippen molar-refractivity contribution in [1.82, 2.24) is 0 Å². The fourth-order valence-corrected chi connectivity index (χ4v) is 6.97. The van der Waals surface area contributed by atoms with Gasteiger partial charge in [0.15, 0.2) is 12.9 Å². The zero-order chi connectivity index (χ0) is 37.7. The van der Waals surface area contributed by atoms with Crippen molar-refractivity contribution < 1.29 is 38.0 Å². The Labute approximate surface area is 311 Å². The molecular weight excluding hydrogens is 656 g/mol. The van der Waals surface area contributed by atoms with E-state index in [4.69, 9.17) is 33.2 Å². The van der Waals surface area contributed by atoms with E-state index in [1.54, 1.807) is 21.3 Å². The highest BCUT2D eigenvalue weighted by molar-refractivity contribution is 5.85. The van der Waals surface area contributed by atoms with E-state index in [1.807, 2.05) is 68.5 Å². The summed E-state index contributed by atoms with van der Waals surface area (Å²) in [7, 11) is 4.76. The van der Waals surface area contributed by atoms with E-state index in [0.717, 1.165) is 83.9 Å². The number of methoxy groups -OCH3 is 3. The molecule has 4 rings (SSSR count). The molecule has 8 nitrogen and oxygen atoms in total. The van der Waals surface area contributed by atoms with Crippen molar-refractivity contribution in [3.63, 3.8) is 0 Å². The molecule has 0 N–H and O–H groups in total. The van der Waals surface area contributed by atoms with E-state index in [9.17, 15) is 4.79 Å². The van der Waals surface area contributed by atoms with Crippen LogP contribution in [0, 0.1) is 12.8 Å². The molecule has 0 unspecified atom stereocenters. The average molecular weight is 717 g/mol. The van der Waals surface area contributed by atoms with Gasteiger partial charge in [0.05, 0.1) is 0 Å². The van der Waals surface area contributed by atoms with E-state index in [2.05, 4.69) is 39.8 Å². The number of ether oxygens (including phenoxy) is 7. The smallest absolute Gasteiger partial charge is 0.340 e. The SMILES string of the molecule is COCOc1cc(C)c2c(c1)CC[C@@](C)(CC/C=C(\C)CCC[C@H](C)[C@@H](OC(=O)[C@@H](OC)c1ccc3ccccc3c1)[C@@H](C=C(C)C)OCOC)O2. The normalized spacial score (nSPS) is 18.1. The van der Waals surface area contributed by atoms with Crippen LogP contribution in [0.5, 0.6) is 11.5 Å². The molecule has 3 aromatic carbocycles. The van der Waals surface area contributed by atoms with Gasteiger partial charge in [0.25, 0.3) is 0 Å². The lowest BCUT2D eigenvalue weighted by molar-refractivity contribution is -0.177. The highest BCUT2D eigenvalue weighted by Gasteiger charge is 2.34. The van der Waals surface area contributed by atoms with E-state index in [0.29, 0.717) is 0 Å². The Balaban J connectivity index is 1.37. The number of allylic oxidation sites excluding steroid dienone is 3. The lowest BCUT2D eigenvalue weighted by atomic mass is 9.87. The Kier molecular flexibility index (Phi) is 15.8. The molecule has 5 atom stereocenters. The number of rotatable bonds is 20. The third kappa shape index (κ3) is 11.7. The third-order valence-electron chi connectivity index (χ3n) is 9.88. The van der Waals surface area contributed by atoms with Crippen molar-refractivity contribution in [2.75, 3.05) is 34.9 Å². The van der Waals surface area contributed by atoms with Crippen molar-refractivity contribution in [1.29, 1.82) is 0 Å². The molecule has 52 heavy (non-hydrogen) atoms. The number of hydrogen-bond acceptors (Lipinski definition) is 8. The summed E-state index contributed by atoms with van der Waals surface area (Å²) in [6.07, 6.45) is 9.07. The third-order valence-corrected chi connectivity index (χ3v) is 9.88. The lowest BCUT2D eigenvalue weighted by Crippen LogP contribution is -2.39. The van der Waals surface area contributed by atoms with Gasteiger partial charge < -0.3 is 33.2 Å². The van der Waals surface area contributed by atoms with E-state index < -0.39 is 24.3 Å². The fourth-order valence-electron chi connectivity index (χ4n) is 6.97. The van der Waals surface area contributed by atoms with Gasteiger partial charge in [0.1, 0.15) is 36.1 Å². The van der Waals surface area contributed by atoms with Crippen LogP contribution in [0.15, 0.2) is 77.9 Å². The number of hydrogen-bond donors (Lipinski definition) is 0. The van der Waals surface area contributed by atoms with Crippen LogP contribution in [0.2, 0.25) is 0 Å². The largest absolute Gasteiger partial charge is 0.487 e. The quantitative estimate of drug-likeness (QED) is 0.0650. The van der Waals surface area contributed by atoms with Crippen LogP contribution in [0.4, 0.5) is 0 Å². The number of carbonyl (C=O) groups excluding carboxylic acids is 1. The Morgan fingerprint density at radius 3 is 2.44 bits per heavy atom. The van der Waals surface area contributed by atoms with Gasteiger partial charge in [-0.2, -0.15) is 0 Å². The first-order valence-electron chi connectivity index (χ1n) is 18.5. The summed E-state index contributed by atoms with van der Waals surface area (Å²) < 4.78 is 40.8. The number of aryl methyl sites for hydroxylation is 2. The summed E-state index contributed by atoms with van der Waals surface area (Å²) in [5.74, 6) is 1.38. The van der Waals surface area contributed by atoms with Crippen LogP contribution in [-0.2, 0) is 34.9 Å². The van der Waals surface area contributed by atoms with Gasteiger partial charge in [-0.1, -0.05) is 66.6 Å². The van der Waals surface area contributed by atoms with Crippen LogP contribution in [-0.4, -0.2) is 58.7 Å². The second kappa shape index (κ2) is 20.0. The molecule has 0 amide bonds. The zero-order valence-corrected chi connectivity index (χ0v) is 32.8. The van der Waals surface area contributed by atoms with Crippen molar-refractivity contribution in [3.8, 4) is 11.5 Å². The first-order valence-corrected chi connectivity index (χ1v) is 18.5. The Morgan fingerprint density at radius 1 is 0.981 bits per heavy atom. The second-order valence-electron chi connectivity index (χ2n) is 14.7. The molecule has 8 heteroatoms. The zero-order valence-electron chi connectivity index (χ0n) is 32.8. The molecule has 1 heterocycles. The van der Waals surface area contributed by atoms with Crippen molar-refractivity contribution >= 4 is 16.7 Å². The highest BCUT2D eigenvalue weighted by atomic mass is 16.7. The van der Waals surface area contributed by atoms with E-state index in [1.165, 1.54) is 11.1 Å². The molecule has 0 aromatic heterocycles. The maximum Gasteiger partial charge on any atom is 0.340 e. The minimum Gasteiger partial charge on any atom is -0.487 e. The first kappa shape index (κ1) is 41.1. The van der Waals surface area contributed by atoms with Crippen LogP contribution in [0.1, 0.15) is 95.9 Å². The second-order valence-corrected chi connectivity index (χ2v) is 14.7. The van der Waals surface area contributed by atoms with Gasteiger partial charge in [-0.15, -0.1) is 0 Å². The van der Waals surface area contributed by atoms with Crippen molar-refractivity contribution in [2.24, 2.45) is 5.92 Å². The molecule has 0 spiro atoms. The molecule has 1 aliphatic heterocycles. The Bertz CT molecular complexity index is 1660. The molecule has 1 aliphatic rings. The first-order chi connectivity index (χ1) is 25.0. The monoisotopic (exact) mass is 716 g/mol. The van der Waals surface area contributed by atoms with Crippen LogP contribution >= 0.6 is 0 Å². The van der Waals surface area contributed by atoms with Crippen LogP contribution in [0.3, 0.4) is 0 Å². The molecule has 0 saturated carbocycles. The van der Waals surface area contributed by atoms with Gasteiger partial charge in [0.2, 0.25) is 0 Å². The van der Waals surface area contributed by atoms with Crippen LogP contribution < -0.4 is 9.47 Å². The topological polar surface area (TPSA) is 81.7 Å². The Morgan fingerprint density at radius 2 is 1.73 bits per heavy atom. The summed E-state index contributed by atoms with van der Waals surface area (Å²) in [6.45, 7) is 13.0.